The van der Waals surface area contributed by atoms with Crippen LogP contribution in [0.5, 0.6) is 0 Å². The first-order chi connectivity index (χ1) is 9.20. The maximum atomic E-state index is 11.9. The summed E-state index contributed by atoms with van der Waals surface area (Å²) in [5, 5.41) is 11.3. The van der Waals surface area contributed by atoms with Crippen LogP contribution in [-0.4, -0.2) is 28.0 Å². The fourth-order valence-electron chi connectivity index (χ4n) is 1.68. The first kappa shape index (κ1) is 16.1. The minimum absolute atomic E-state index is 0.00319. The van der Waals surface area contributed by atoms with Crippen molar-refractivity contribution in [2.45, 2.75) is 52.0 Å². The quantitative estimate of drug-likeness (QED) is 0.866. The number of carbonyl (C=O) groups excluding carboxylic acids is 1. The van der Waals surface area contributed by atoms with E-state index >= 15 is 0 Å². The van der Waals surface area contributed by atoms with Gasteiger partial charge in [0.1, 0.15) is 5.69 Å². The molecule has 5 heteroatoms. The van der Waals surface area contributed by atoms with Crippen LogP contribution >= 0.6 is 0 Å². The number of aliphatic carboxylic acids is 1. The summed E-state index contributed by atoms with van der Waals surface area (Å²) in [6, 6.07) is 3.40. The summed E-state index contributed by atoms with van der Waals surface area (Å²) in [7, 11) is 0. The molecule has 1 amide bonds. The number of pyridine rings is 1. The Morgan fingerprint density at radius 3 is 2.45 bits per heavy atom. The molecule has 0 aromatic carbocycles. The molecule has 20 heavy (non-hydrogen) atoms. The van der Waals surface area contributed by atoms with Crippen molar-refractivity contribution in [3.63, 3.8) is 0 Å². The number of nitrogens with zero attached hydrogens (tertiary/aromatic N) is 1. The maximum absolute atomic E-state index is 11.9. The van der Waals surface area contributed by atoms with Crippen LogP contribution < -0.4 is 5.32 Å². The van der Waals surface area contributed by atoms with E-state index < -0.39 is 5.97 Å². The van der Waals surface area contributed by atoms with Gasteiger partial charge in [-0.2, -0.15) is 0 Å². The molecule has 0 saturated heterocycles. The summed E-state index contributed by atoms with van der Waals surface area (Å²) in [4.78, 5) is 26.6. The van der Waals surface area contributed by atoms with Crippen LogP contribution in [-0.2, 0) is 10.2 Å². The van der Waals surface area contributed by atoms with E-state index in [1.165, 1.54) is 0 Å². The van der Waals surface area contributed by atoms with E-state index in [0.717, 1.165) is 5.56 Å². The molecule has 1 atom stereocenters. The van der Waals surface area contributed by atoms with E-state index in [9.17, 15) is 9.59 Å². The summed E-state index contributed by atoms with van der Waals surface area (Å²) in [6.45, 7) is 8.03. The van der Waals surface area contributed by atoms with Crippen molar-refractivity contribution >= 4 is 11.9 Å². The summed E-state index contributed by atoms with van der Waals surface area (Å²) in [6.07, 6.45) is 2.15. The number of hydrogen-bond acceptors (Lipinski definition) is 3. The van der Waals surface area contributed by atoms with Crippen LogP contribution in [0.1, 0.15) is 56.6 Å². The van der Waals surface area contributed by atoms with Crippen molar-refractivity contribution in [3.8, 4) is 0 Å². The Balaban J connectivity index is 2.62. The molecule has 0 aliphatic carbocycles. The third-order valence-electron chi connectivity index (χ3n) is 3.03. The predicted molar refractivity (Wildman–Crippen MR) is 76.7 cm³/mol. The average molecular weight is 278 g/mol. The monoisotopic (exact) mass is 278 g/mol. The Morgan fingerprint density at radius 2 is 2.00 bits per heavy atom. The standard InChI is InChI=1S/C15H22N2O3/c1-10(5-8-13(18)19)17-14(20)12-7-6-11(9-16-12)15(2,3)4/h6-7,9-10H,5,8H2,1-4H3,(H,17,20)(H,18,19). The highest BCUT2D eigenvalue weighted by Gasteiger charge is 2.16. The van der Waals surface area contributed by atoms with Crippen molar-refractivity contribution < 1.29 is 14.7 Å². The maximum Gasteiger partial charge on any atom is 0.303 e. The molecular weight excluding hydrogens is 256 g/mol. The van der Waals surface area contributed by atoms with Gasteiger partial charge in [0.15, 0.2) is 0 Å². The zero-order chi connectivity index (χ0) is 15.3. The molecule has 0 aliphatic heterocycles. The van der Waals surface area contributed by atoms with E-state index in [1.807, 2.05) is 6.07 Å². The lowest BCUT2D eigenvalue weighted by Crippen LogP contribution is -2.33. The number of aromatic nitrogens is 1. The molecule has 0 aliphatic rings. The SMILES string of the molecule is CC(CCC(=O)O)NC(=O)c1ccc(C(C)(C)C)cn1. The van der Waals surface area contributed by atoms with Gasteiger partial charge in [-0.3, -0.25) is 14.6 Å². The van der Waals surface area contributed by atoms with Gasteiger partial charge in [-0.1, -0.05) is 26.8 Å². The lowest BCUT2D eigenvalue weighted by Gasteiger charge is -2.18. The number of carboxylic acids is 1. The van der Waals surface area contributed by atoms with Gasteiger partial charge < -0.3 is 10.4 Å². The van der Waals surface area contributed by atoms with E-state index in [1.54, 1.807) is 19.2 Å². The molecule has 0 saturated carbocycles. The normalized spacial score (nSPS) is 12.8. The summed E-state index contributed by atoms with van der Waals surface area (Å²) >= 11 is 0. The van der Waals surface area contributed by atoms with E-state index in [4.69, 9.17) is 5.11 Å². The van der Waals surface area contributed by atoms with E-state index in [2.05, 4.69) is 31.1 Å². The molecule has 1 heterocycles. The molecule has 0 fully saturated rings. The van der Waals surface area contributed by atoms with Crippen molar-refractivity contribution in [2.75, 3.05) is 0 Å². The molecule has 5 nitrogen and oxygen atoms in total. The second-order valence-corrected chi connectivity index (χ2v) is 5.99. The smallest absolute Gasteiger partial charge is 0.303 e. The van der Waals surface area contributed by atoms with E-state index in [0.29, 0.717) is 12.1 Å². The minimum Gasteiger partial charge on any atom is -0.481 e. The van der Waals surface area contributed by atoms with Crippen LogP contribution in [0, 0.1) is 0 Å². The van der Waals surface area contributed by atoms with Crippen molar-refractivity contribution in [2.24, 2.45) is 0 Å². The number of carbonyl (C=O) groups is 2. The van der Waals surface area contributed by atoms with Gasteiger partial charge in [0.2, 0.25) is 0 Å². The fourth-order valence-corrected chi connectivity index (χ4v) is 1.68. The Hall–Kier alpha value is -1.91. The lowest BCUT2D eigenvalue weighted by atomic mass is 9.88. The highest BCUT2D eigenvalue weighted by molar-refractivity contribution is 5.92. The molecule has 1 unspecified atom stereocenters. The van der Waals surface area contributed by atoms with Gasteiger partial charge in [0.05, 0.1) is 0 Å². The number of rotatable bonds is 5. The number of amides is 1. The fraction of sp³-hybridized carbons (Fsp3) is 0.533. The minimum atomic E-state index is -0.862. The lowest BCUT2D eigenvalue weighted by molar-refractivity contribution is -0.137. The largest absolute Gasteiger partial charge is 0.481 e. The van der Waals surface area contributed by atoms with Gasteiger partial charge in [-0.15, -0.1) is 0 Å². The zero-order valence-corrected chi connectivity index (χ0v) is 12.4. The number of hydrogen-bond donors (Lipinski definition) is 2. The van der Waals surface area contributed by atoms with Gasteiger partial charge in [0, 0.05) is 18.7 Å². The number of nitrogens with one attached hydrogen (secondary N) is 1. The Bertz CT molecular complexity index is 475. The molecule has 2 N–H and O–H groups in total. The van der Waals surface area contributed by atoms with Crippen LogP contribution in [0.25, 0.3) is 0 Å². The Morgan fingerprint density at radius 1 is 1.35 bits per heavy atom. The van der Waals surface area contributed by atoms with Crippen LogP contribution in [0.4, 0.5) is 0 Å². The van der Waals surface area contributed by atoms with Gasteiger partial charge in [-0.25, -0.2) is 0 Å². The third-order valence-corrected chi connectivity index (χ3v) is 3.03. The molecule has 110 valence electrons. The second-order valence-electron chi connectivity index (χ2n) is 5.99. The van der Waals surface area contributed by atoms with Gasteiger partial charge in [0.25, 0.3) is 5.91 Å². The Labute approximate surface area is 119 Å². The molecule has 1 rings (SSSR count). The Kier molecular flexibility index (Phi) is 5.25. The molecule has 0 bridgehead atoms. The summed E-state index contributed by atoms with van der Waals surface area (Å²) in [5.41, 5.74) is 1.41. The predicted octanol–water partition coefficient (Wildman–Crippen LogP) is 2.36. The molecule has 0 radical (unpaired) electrons. The number of carboxylic acid groups (broad SMARTS) is 1. The van der Waals surface area contributed by atoms with Gasteiger partial charge in [-0.05, 0) is 30.4 Å². The van der Waals surface area contributed by atoms with Crippen LogP contribution in [0.15, 0.2) is 18.3 Å². The summed E-state index contributed by atoms with van der Waals surface area (Å²) in [5.74, 6) is -1.14. The molecular formula is C15H22N2O3. The first-order valence-electron chi connectivity index (χ1n) is 6.69. The molecule has 1 aromatic rings. The van der Waals surface area contributed by atoms with Crippen molar-refractivity contribution in [1.82, 2.24) is 10.3 Å². The summed E-state index contributed by atoms with van der Waals surface area (Å²) < 4.78 is 0. The average Bonchev–Trinajstić information content (AvgIpc) is 2.35. The van der Waals surface area contributed by atoms with Gasteiger partial charge >= 0.3 is 5.97 Å². The third kappa shape index (κ3) is 4.99. The molecule has 0 spiro atoms. The molecule has 1 aromatic heterocycles. The second kappa shape index (κ2) is 6.50. The zero-order valence-electron chi connectivity index (χ0n) is 12.4. The highest BCUT2D eigenvalue weighted by Crippen LogP contribution is 2.20. The van der Waals surface area contributed by atoms with Crippen LogP contribution in [0.2, 0.25) is 0 Å². The van der Waals surface area contributed by atoms with Crippen molar-refractivity contribution in [1.29, 1.82) is 0 Å². The first-order valence-corrected chi connectivity index (χ1v) is 6.69. The van der Waals surface area contributed by atoms with Crippen molar-refractivity contribution in [3.05, 3.63) is 29.6 Å². The highest BCUT2D eigenvalue weighted by atomic mass is 16.4. The van der Waals surface area contributed by atoms with E-state index in [-0.39, 0.29) is 23.8 Å². The van der Waals surface area contributed by atoms with Crippen LogP contribution in [0.3, 0.4) is 0 Å². The topological polar surface area (TPSA) is 79.3 Å².